The van der Waals surface area contributed by atoms with Crippen molar-refractivity contribution in [3.05, 3.63) is 18.1 Å². The van der Waals surface area contributed by atoms with E-state index in [4.69, 9.17) is 9.47 Å². The highest BCUT2D eigenvalue weighted by Gasteiger charge is 2.31. The summed E-state index contributed by atoms with van der Waals surface area (Å²) in [7, 11) is 0. The number of ether oxygens (including phenoxy) is 2. The van der Waals surface area contributed by atoms with Gasteiger partial charge in [0.05, 0.1) is 19.8 Å². The molecule has 0 bridgehead atoms. The molecule has 0 aromatic carbocycles. The Labute approximate surface area is 141 Å². The van der Waals surface area contributed by atoms with E-state index in [0.717, 1.165) is 64.0 Å². The molecule has 2 aliphatic heterocycles. The number of anilines is 1. The summed E-state index contributed by atoms with van der Waals surface area (Å²) in [5.41, 5.74) is 0.935. The molecule has 130 valence electrons. The zero-order valence-electron chi connectivity index (χ0n) is 14.0. The third-order valence-electron chi connectivity index (χ3n) is 4.90. The van der Waals surface area contributed by atoms with Crippen LogP contribution in [-0.4, -0.2) is 76.6 Å². The second-order valence-corrected chi connectivity index (χ2v) is 6.47. The third-order valence-corrected chi connectivity index (χ3v) is 4.90. The van der Waals surface area contributed by atoms with Gasteiger partial charge in [-0.25, -0.2) is 4.98 Å². The maximum absolute atomic E-state index is 5.63. The number of morpholine rings is 1. The second kappa shape index (κ2) is 7.00. The monoisotopic (exact) mass is 332 g/mol. The maximum atomic E-state index is 5.63. The van der Waals surface area contributed by atoms with Gasteiger partial charge in [0.1, 0.15) is 12.1 Å². The maximum Gasteiger partial charge on any atom is 0.254 e. The summed E-state index contributed by atoms with van der Waals surface area (Å²) in [6.07, 6.45) is 2.66. The number of hydrogen-bond donors (Lipinski definition) is 1. The Kier molecular flexibility index (Phi) is 4.59. The molecule has 4 heterocycles. The van der Waals surface area contributed by atoms with Crippen LogP contribution < -0.4 is 5.32 Å². The first kappa shape index (κ1) is 15.7. The molecule has 2 aromatic heterocycles. The van der Waals surface area contributed by atoms with E-state index in [1.54, 1.807) is 4.52 Å². The van der Waals surface area contributed by atoms with E-state index in [2.05, 4.69) is 25.3 Å². The largest absolute Gasteiger partial charge is 0.381 e. The van der Waals surface area contributed by atoms with Gasteiger partial charge in [0.2, 0.25) is 0 Å². The van der Waals surface area contributed by atoms with Gasteiger partial charge in [-0.15, -0.1) is 0 Å². The van der Waals surface area contributed by atoms with Crippen molar-refractivity contribution < 1.29 is 9.47 Å². The van der Waals surface area contributed by atoms with E-state index in [9.17, 15) is 0 Å². The van der Waals surface area contributed by atoms with E-state index in [1.807, 2.05) is 13.0 Å². The van der Waals surface area contributed by atoms with Gasteiger partial charge in [-0.1, -0.05) is 0 Å². The number of aryl methyl sites for hydroxylation is 1. The molecule has 0 spiro atoms. The minimum atomic E-state index is 0.434. The Morgan fingerprint density at radius 3 is 2.96 bits per heavy atom. The minimum Gasteiger partial charge on any atom is -0.381 e. The van der Waals surface area contributed by atoms with Gasteiger partial charge < -0.3 is 14.8 Å². The molecule has 8 nitrogen and oxygen atoms in total. The molecule has 24 heavy (non-hydrogen) atoms. The van der Waals surface area contributed by atoms with Crippen LogP contribution in [0, 0.1) is 12.8 Å². The number of nitrogens with zero attached hydrogens (tertiary/aromatic N) is 5. The van der Waals surface area contributed by atoms with Crippen molar-refractivity contribution in [3.8, 4) is 0 Å². The van der Waals surface area contributed by atoms with Crippen LogP contribution in [0.1, 0.15) is 12.1 Å². The summed E-state index contributed by atoms with van der Waals surface area (Å²) < 4.78 is 12.9. The summed E-state index contributed by atoms with van der Waals surface area (Å²) >= 11 is 0. The van der Waals surface area contributed by atoms with Crippen LogP contribution >= 0.6 is 0 Å². The molecule has 0 saturated carbocycles. The first-order valence-corrected chi connectivity index (χ1v) is 8.62. The highest BCUT2D eigenvalue weighted by Crippen LogP contribution is 2.23. The molecule has 8 heteroatoms. The molecule has 0 amide bonds. The van der Waals surface area contributed by atoms with E-state index < -0.39 is 0 Å². The predicted molar refractivity (Wildman–Crippen MR) is 89.1 cm³/mol. The van der Waals surface area contributed by atoms with Crippen molar-refractivity contribution in [2.75, 3.05) is 51.4 Å². The predicted octanol–water partition coefficient (Wildman–Crippen LogP) is 0.582. The molecule has 1 N–H and O–H groups in total. The number of nitrogens with one attached hydrogen (secondary N) is 1. The summed E-state index contributed by atoms with van der Waals surface area (Å²) in [6.45, 7) is 8.13. The first-order chi connectivity index (χ1) is 11.8. The zero-order valence-corrected chi connectivity index (χ0v) is 14.0. The van der Waals surface area contributed by atoms with Crippen LogP contribution in [0.25, 0.3) is 5.78 Å². The molecule has 0 aliphatic carbocycles. The Morgan fingerprint density at radius 2 is 2.17 bits per heavy atom. The van der Waals surface area contributed by atoms with Crippen LogP contribution in [-0.2, 0) is 9.47 Å². The lowest BCUT2D eigenvalue weighted by molar-refractivity contribution is 0.00459. The Morgan fingerprint density at radius 1 is 1.29 bits per heavy atom. The smallest absolute Gasteiger partial charge is 0.254 e. The van der Waals surface area contributed by atoms with Gasteiger partial charge in [-0.3, -0.25) is 4.90 Å². The quantitative estimate of drug-likeness (QED) is 0.858. The Hall–Kier alpha value is -1.77. The lowest BCUT2D eigenvalue weighted by Gasteiger charge is -2.37. The van der Waals surface area contributed by atoms with Gasteiger partial charge >= 0.3 is 0 Å². The number of rotatable bonds is 5. The van der Waals surface area contributed by atoms with Crippen LogP contribution in [0.5, 0.6) is 0 Å². The van der Waals surface area contributed by atoms with E-state index >= 15 is 0 Å². The SMILES string of the molecule is Cc1cc(NCC(C2CCOC2)N2CCOCC2)n2ncnc2n1. The lowest BCUT2D eigenvalue weighted by atomic mass is 9.97. The fourth-order valence-electron chi connectivity index (χ4n) is 3.62. The highest BCUT2D eigenvalue weighted by molar-refractivity contribution is 5.44. The van der Waals surface area contributed by atoms with Gasteiger partial charge in [0.15, 0.2) is 0 Å². The molecule has 2 atom stereocenters. The molecule has 2 unspecified atom stereocenters. The summed E-state index contributed by atoms with van der Waals surface area (Å²) in [5.74, 6) is 2.13. The first-order valence-electron chi connectivity index (χ1n) is 8.62. The van der Waals surface area contributed by atoms with Crippen molar-refractivity contribution >= 4 is 11.6 Å². The molecule has 2 aliphatic rings. The average molecular weight is 332 g/mol. The fourth-order valence-corrected chi connectivity index (χ4v) is 3.62. The molecule has 2 saturated heterocycles. The van der Waals surface area contributed by atoms with Crippen LogP contribution in [0.2, 0.25) is 0 Å². The van der Waals surface area contributed by atoms with E-state index in [1.165, 1.54) is 6.33 Å². The van der Waals surface area contributed by atoms with Crippen molar-refractivity contribution in [3.63, 3.8) is 0 Å². The van der Waals surface area contributed by atoms with Crippen LogP contribution in [0.15, 0.2) is 12.4 Å². The van der Waals surface area contributed by atoms with Gasteiger partial charge in [-0.2, -0.15) is 14.6 Å². The molecule has 2 aromatic rings. The summed E-state index contributed by atoms with van der Waals surface area (Å²) in [4.78, 5) is 11.1. The third kappa shape index (κ3) is 3.22. The zero-order chi connectivity index (χ0) is 16.4. The number of hydrogen-bond acceptors (Lipinski definition) is 7. The van der Waals surface area contributed by atoms with Crippen molar-refractivity contribution in [2.24, 2.45) is 5.92 Å². The fraction of sp³-hybridized carbons (Fsp3) is 0.688. The summed E-state index contributed by atoms with van der Waals surface area (Å²) in [6, 6.07) is 2.45. The van der Waals surface area contributed by atoms with Crippen LogP contribution in [0.4, 0.5) is 5.82 Å². The number of aromatic nitrogens is 4. The molecular weight excluding hydrogens is 308 g/mol. The molecule has 4 rings (SSSR count). The molecular formula is C16H24N6O2. The Bertz CT molecular complexity index is 678. The van der Waals surface area contributed by atoms with E-state index in [0.29, 0.717) is 17.7 Å². The minimum absolute atomic E-state index is 0.434. The van der Waals surface area contributed by atoms with E-state index in [-0.39, 0.29) is 0 Å². The molecule has 2 fully saturated rings. The summed E-state index contributed by atoms with van der Waals surface area (Å²) in [5, 5.41) is 7.84. The topological polar surface area (TPSA) is 76.8 Å². The van der Waals surface area contributed by atoms with Crippen molar-refractivity contribution in [1.29, 1.82) is 0 Å². The van der Waals surface area contributed by atoms with Gasteiger partial charge in [0.25, 0.3) is 5.78 Å². The average Bonchev–Trinajstić information content (AvgIpc) is 3.27. The highest BCUT2D eigenvalue weighted by atomic mass is 16.5. The normalized spacial score (nSPS) is 23.6. The van der Waals surface area contributed by atoms with Crippen molar-refractivity contribution in [1.82, 2.24) is 24.5 Å². The lowest BCUT2D eigenvalue weighted by Crippen LogP contribution is -2.50. The second-order valence-electron chi connectivity index (χ2n) is 6.47. The molecule has 0 radical (unpaired) electrons. The number of fused-ring (bicyclic) bond motifs is 1. The van der Waals surface area contributed by atoms with Crippen LogP contribution in [0.3, 0.4) is 0 Å². The Balaban J connectivity index is 1.52. The van der Waals surface area contributed by atoms with Crippen molar-refractivity contribution in [2.45, 2.75) is 19.4 Å². The standard InChI is InChI=1S/C16H24N6O2/c1-12-8-15(22-16(20-12)18-11-19-22)17-9-14(13-2-5-24-10-13)21-3-6-23-7-4-21/h8,11,13-14,17H,2-7,9-10H2,1H3. The van der Waals surface area contributed by atoms with Gasteiger partial charge in [-0.05, 0) is 13.3 Å². The van der Waals surface area contributed by atoms with Gasteiger partial charge in [0, 0.05) is 50.0 Å².